The van der Waals surface area contributed by atoms with Crippen LogP contribution >= 0.6 is 0 Å². The third-order valence-electron chi connectivity index (χ3n) is 3.50. The summed E-state index contributed by atoms with van der Waals surface area (Å²) in [6.45, 7) is 7.12. The van der Waals surface area contributed by atoms with Gasteiger partial charge in [-0.15, -0.1) is 0 Å². The molecule has 1 aliphatic heterocycles. The Bertz CT molecular complexity index is 154. The van der Waals surface area contributed by atoms with Gasteiger partial charge in [0.2, 0.25) is 0 Å². The maximum absolute atomic E-state index is 5.81. The van der Waals surface area contributed by atoms with Gasteiger partial charge in [-0.3, -0.25) is 0 Å². The van der Waals surface area contributed by atoms with E-state index in [0.717, 1.165) is 19.7 Å². The average Bonchev–Trinajstić information content (AvgIpc) is 2.77. The van der Waals surface area contributed by atoms with Crippen LogP contribution in [-0.2, 0) is 4.74 Å². The van der Waals surface area contributed by atoms with Gasteiger partial charge in [-0.25, -0.2) is 0 Å². The summed E-state index contributed by atoms with van der Waals surface area (Å²) in [4.78, 5) is 0. The van der Waals surface area contributed by atoms with E-state index in [0.29, 0.717) is 18.1 Å². The van der Waals surface area contributed by atoms with E-state index < -0.39 is 0 Å². The molecule has 1 fully saturated rings. The fourth-order valence-electron chi connectivity index (χ4n) is 2.39. The van der Waals surface area contributed by atoms with Crippen molar-refractivity contribution in [1.82, 2.24) is 5.32 Å². The summed E-state index contributed by atoms with van der Waals surface area (Å²) in [5, 5.41) is 3.56. The quantitative estimate of drug-likeness (QED) is 0.675. The second kappa shape index (κ2) is 7.20. The van der Waals surface area contributed by atoms with Crippen LogP contribution < -0.4 is 11.1 Å². The van der Waals surface area contributed by atoms with Crippen LogP contribution in [-0.4, -0.2) is 31.8 Å². The molecule has 3 heteroatoms. The molecule has 0 spiro atoms. The highest BCUT2D eigenvalue weighted by Gasteiger charge is 2.20. The van der Waals surface area contributed by atoms with E-state index in [2.05, 4.69) is 19.2 Å². The summed E-state index contributed by atoms with van der Waals surface area (Å²) in [7, 11) is 0. The highest BCUT2D eigenvalue weighted by atomic mass is 16.5. The maximum Gasteiger partial charge on any atom is 0.0700 e. The van der Waals surface area contributed by atoms with E-state index >= 15 is 0 Å². The Morgan fingerprint density at radius 1 is 1.40 bits per heavy atom. The Morgan fingerprint density at radius 3 is 2.60 bits per heavy atom. The minimum Gasteiger partial charge on any atom is -0.377 e. The molecule has 0 saturated carbocycles. The van der Waals surface area contributed by atoms with Crippen molar-refractivity contribution in [3.8, 4) is 0 Å². The van der Waals surface area contributed by atoms with Gasteiger partial charge in [-0.2, -0.15) is 0 Å². The smallest absolute Gasteiger partial charge is 0.0700 e. The molecule has 1 saturated heterocycles. The van der Waals surface area contributed by atoms with Crippen LogP contribution in [0.25, 0.3) is 0 Å². The van der Waals surface area contributed by atoms with E-state index in [9.17, 15) is 0 Å². The van der Waals surface area contributed by atoms with Crippen molar-refractivity contribution in [2.45, 2.75) is 51.7 Å². The van der Waals surface area contributed by atoms with Gasteiger partial charge >= 0.3 is 0 Å². The Hall–Kier alpha value is -0.120. The van der Waals surface area contributed by atoms with Crippen molar-refractivity contribution in [2.24, 2.45) is 11.7 Å². The summed E-state index contributed by atoms with van der Waals surface area (Å²) in [6.07, 6.45) is 5.25. The molecule has 0 aromatic rings. The lowest BCUT2D eigenvalue weighted by atomic mass is 9.94. The third-order valence-corrected chi connectivity index (χ3v) is 3.50. The zero-order valence-electron chi connectivity index (χ0n) is 10.2. The lowest BCUT2D eigenvalue weighted by Gasteiger charge is -2.26. The second-order valence-corrected chi connectivity index (χ2v) is 4.46. The molecule has 0 aromatic carbocycles. The molecule has 15 heavy (non-hydrogen) atoms. The van der Waals surface area contributed by atoms with Gasteiger partial charge in [-0.1, -0.05) is 26.7 Å². The first-order valence-corrected chi connectivity index (χ1v) is 6.36. The van der Waals surface area contributed by atoms with E-state index in [4.69, 9.17) is 10.5 Å². The van der Waals surface area contributed by atoms with Gasteiger partial charge < -0.3 is 15.8 Å². The molecular formula is C12H26N2O. The fourth-order valence-corrected chi connectivity index (χ4v) is 2.39. The molecule has 1 rings (SSSR count). The largest absolute Gasteiger partial charge is 0.377 e. The number of hydrogen-bond donors (Lipinski definition) is 2. The molecule has 0 radical (unpaired) electrons. The molecule has 0 aromatic heterocycles. The minimum atomic E-state index is 0.424. The van der Waals surface area contributed by atoms with Gasteiger partial charge in [0, 0.05) is 25.7 Å². The van der Waals surface area contributed by atoms with Crippen molar-refractivity contribution in [1.29, 1.82) is 0 Å². The molecular weight excluding hydrogens is 188 g/mol. The van der Waals surface area contributed by atoms with Crippen LogP contribution in [0.1, 0.15) is 39.5 Å². The number of hydrogen-bond acceptors (Lipinski definition) is 3. The first-order chi connectivity index (χ1) is 7.31. The van der Waals surface area contributed by atoms with Crippen LogP contribution in [0.15, 0.2) is 0 Å². The number of nitrogens with two attached hydrogens (primary N) is 1. The van der Waals surface area contributed by atoms with E-state index in [1.54, 1.807) is 0 Å². The van der Waals surface area contributed by atoms with Gasteiger partial charge in [-0.05, 0) is 18.8 Å². The highest BCUT2D eigenvalue weighted by Crippen LogP contribution is 2.14. The normalized spacial score (nSPS) is 23.6. The molecule has 0 bridgehead atoms. The van der Waals surface area contributed by atoms with Crippen molar-refractivity contribution in [3.63, 3.8) is 0 Å². The Balaban J connectivity index is 2.25. The Kier molecular flexibility index (Phi) is 6.22. The molecule has 1 aliphatic rings. The number of ether oxygens (including phenoxy) is 1. The van der Waals surface area contributed by atoms with E-state index in [-0.39, 0.29) is 0 Å². The second-order valence-electron chi connectivity index (χ2n) is 4.46. The average molecular weight is 214 g/mol. The SMILES string of the molecule is CCC(CC)C(CN)NCC1CCCO1. The summed E-state index contributed by atoms with van der Waals surface area (Å²) >= 11 is 0. The predicted molar refractivity (Wildman–Crippen MR) is 63.9 cm³/mol. The van der Waals surface area contributed by atoms with Crippen LogP contribution in [0, 0.1) is 5.92 Å². The van der Waals surface area contributed by atoms with Crippen molar-refractivity contribution in [3.05, 3.63) is 0 Å². The van der Waals surface area contributed by atoms with Crippen molar-refractivity contribution >= 4 is 0 Å². The molecule has 2 atom stereocenters. The summed E-state index contributed by atoms with van der Waals surface area (Å²) in [6, 6.07) is 0.462. The highest BCUT2D eigenvalue weighted by molar-refractivity contribution is 4.78. The lowest BCUT2D eigenvalue weighted by Crippen LogP contribution is -2.44. The van der Waals surface area contributed by atoms with Crippen LogP contribution in [0.5, 0.6) is 0 Å². The van der Waals surface area contributed by atoms with E-state index in [1.165, 1.54) is 25.7 Å². The zero-order chi connectivity index (χ0) is 11.1. The molecule has 3 nitrogen and oxygen atoms in total. The van der Waals surface area contributed by atoms with Crippen LogP contribution in [0.2, 0.25) is 0 Å². The maximum atomic E-state index is 5.81. The van der Waals surface area contributed by atoms with Gasteiger partial charge in [0.15, 0.2) is 0 Å². The molecule has 3 N–H and O–H groups in total. The lowest BCUT2D eigenvalue weighted by molar-refractivity contribution is 0.105. The molecule has 1 heterocycles. The molecule has 0 amide bonds. The molecule has 0 aliphatic carbocycles. The van der Waals surface area contributed by atoms with Crippen molar-refractivity contribution in [2.75, 3.05) is 19.7 Å². The minimum absolute atomic E-state index is 0.424. The predicted octanol–water partition coefficient (Wildman–Crippen LogP) is 1.52. The van der Waals surface area contributed by atoms with Crippen LogP contribution in [0.3, 0.4) is 0 Å². The first kappa shape index (κ1) is 12.9. The number of nitrogens with one attached hydrogen (secondary N) is 1. The van der Waals surface area contributed by atoms with Crippen molar-refractivity contribution < 1.29 is 4.74 Å². The number of rotatable bonds is 7. The Morgan fingerprint density at radius 2 is 2.13 bits per heavy atom. The van der Waals surface area contributed by atoms with Gasteiger partial charge in [0.25, 0.3) is 0 Å². The monoisotopic (exact) mass is 214 g/mol. The summed E-state index contributed by atoms with van der Waals surface area (Å²) in [5.41, 5.74) is 5.81. The van der Waals surface area contributed by atoms with Crippen LogP contribution in [0.4, 0.5) is 0 Å². The zero-order valence-corrected chi connectivity index (χ0v) is 10.2. The molecule has 2 unspecified atom stereocenters. The first-order valence-electron chi connectivity index (χ1n) is 6.36. The standard InChI is InChI=1S/C12H26N2O/c1-3-10(4-2)12(8-13)14-9-11-6-5-7-15-11/h10-12,14H,3-9,13H2,1-2H3. The van der Waals surface area contributed by atoms with E-state index in [1.807, 2.05) is 0 Å². The Labute approximate surface area is 93.8 Å². The van der Waals surface area contributed by atoms with Gasteiger partial charge in [0.1, 0.15) is 0 Å². The fraction of sp³-hybridized carbons (Fsp3) is 1.00. The summed E-state index contributed by atoms with van der Waals surface area (Å²) in [5.74, 6) is 0.705. The summed E-state index contributed by atoms with van der Waals surface area (Å²) < 4.78 is 5.59. The third kappa shape index (κ3) is 4.09. The van der Waals surface area contributed by atoms with Gasteiger partial charge in [0.05, 0.1) is 6.10 Å². The topological polar surface area (TPSA) is 47.3 Å². The molecule has 90 valence electrons.